The normalized spacial score (nSPS) is 10.0. The van der Waals surface area contributed by atoms with E-state index in [0.717, 1.165) is 12.0 Å². The molecule has 13 heavy (non-hydrogen) atoms. The van der Waals surface area contributed by atoms with Gasteiger partial charge < -0.3 is 4.42 Å². The quantitative estimate of drug-likeness (QED) is 0.548. The highest BCUT2D eigenvalue weighted by molar-refractivity contribution is 6.29. The molecule has 0 spiro atoms. The van der Waals surface area contributed by atoms with Crippen molar-refractivity contribution in [2.24, 2.45) is 0 Å². The molecule has 2 nitrogen and oxygen atoms in total. The molecule has 0 aliphatic heterocycles. The minimum atomic E-state index is -0.0706. The number of halogens is 1. The van der Waals surface area contributed by atoms with Gasteiger partial charge in [-0.15, -0.1) is 0 Å². The van der Waals surface area contributed by atoms with Crippen molar-refractivity contribution in [3.05, 3.63) is 35.3 Å². The van der Waals surface area contributed by atoms with Gasteiger partial charge in [-0.2, -0.15) is 0 Å². The van der Waals surface area contributed by atoms with Crippen LogP contribution in [0.15, 0.2) is 28.7 Å². The summed E-state index contributed by atoms with van der Waals surface area (Å²) in [6, 6.07) is 3.14. The Morgan fingerprint density at radius 3 is 2.77 bits per heavy atom. The molecule has 1 heterocycles. The standard InChI is InChI=1S/C10H11ClO2/c1-3-7(2)6-8(12)9-4-5-10(11)13-9/h4-5H,2-3,6H2,1H3. The maximum atomic E-state index is 11.4. The highest BCUT2D eigenvalue weighted by atomic mass is 35.5. The molecule has 0 atom stereocenters. The van der Waals surface area contributed by atoms with E-state index in [-0.39, 0.29) is 11.0 Å². The number of furan rings is 1. The number of hydrogen-bond acceptors (Lipinski definition) is 2. The molecule has 1 aromatic heterocycles. The van der Waals surface area contributed by atoms with Crippen LogP contribution in [0.4, 0.5) is 0 Å². The lowest BCUT2D eigenvalue weighted by molar-refractivity contribution is 0.0966. The fraction of sp³-hybridized carbons (Fsp3) is 0.300. The number of allylic oxidation sites excluding steroid dienone is 1. The first kappa shape index (κ1) is 10.1. The summed E-state index contributed by atoms with van der Waals surface area (Å²) in [5.41, 5.74) is 0.900. The van der Waals surface area contributed by atoms with Crippen molar-refractivity contribution < 1.29 is 9.21 Å². The molecule has 0 radical (unpaired) electrons. The Morgan fingerprint density at radius 2 is 2.31 bits per heavy atom. The smallest absolute Gasteiger partial charge is 0.202 e. The van der Waals surface area contributed by atoms with Gasteiger partial charge in [0.05, 0.1) is 0 Å². The van der Waals surface area contributed by atoms with Crippen LogP contribution in [0.2, 0.25) is 5.22 Å². The summed E-state index contributed by atoms with van der Waals surface area (Å²) < 4.78 is 4.97. The van der Waals surface area contributed by atoms with E-state index in [4.69, 9.17) is 16.0 Å². The first-order valence-electron chi connectivity index (χ1n) is 4.08. The van der Waals surface area contributed by atoms with Crippen molar-refractivity contribution >= 4 is 17.4 Å². The maximum absolute atomic E-state index is 11.4. The second-order valence-corrected chi connectivity index (χ2v) is 3.18. The number of carbonyl (C=O) groups excluding carboxylic acids is 1. The predicted molar refractivity (Wildman–Crippen MR) is 52.1 cm³/mol. The topological polar surface area (TPSA) is 30.2 Å². The molecule has 0 unspecified atom stereocenters. The third-order valence-electron chi connectivity index (χ3n) is 1.76. The van der Waals surface area contributed by atoms with Crippen molar-refractivity contribution in [1.82, 2.24) is 0 Å². The summed E-state index contributed by atoms with van der Waals surface area (Å²) in [5.74, 6) is 0.235. The highest BCUT2D eigenvalue weighted by Crippen LogP contribution is 2.16. The molecular weight excluding hydrogens is 188 g/mol. The molecule has 0 aliphatic rings. The first-order valence-corrected chi connectivity index (χ1v) is 4.46. The molecule has 0 saturated heterocycles. The SMILES string of the molecule is C=C(CC)CC(=O)c1ccc(Cl)o1. The van der Waals surface area contributed by atoms with Gasteiger partial charge in [0.2, 0.25) is 5.78 Å². The van der Waals surface area contributed by atoms with Gasteiger partial charge in [0.1, 0.15) is 0 Å². The lowest BCUT2D eigenvalue weighted by atomic mass is 10.1. The van der Waals surface area contributed by atoms with Gasteiger partial charge in [-0.3, -0.25) is 4.79 Å². The Bertz CT molecular complexity index is 325. The van der Waals surface area contributed by atoms with E-state index < -0.39 is 0 Å². The van der Waals surface area contributed by atoms with Crippen molar-refractivity contribution in [2.45, 2.75) is 19.8 Å². The Labute approximate surface area is 82.2 Å². The van der Waals surface area contributed by atoms with Gasteiger partial charge in [-0.05, 0) is 30.2 Å². The zero-order valence-electron chi connectivity index (χ0n) is 7.47. The maximum Gasteiger partial charge on any atom is 0.202 e. The van der Waals surface area contributed by atoms with Crippen LogP contribution in [-0.4, -0.2) is 5.78 Å². The van der Waals surface area contributed by atoms with Crippen LogP contribution in [0.25, 0.3) is 0 Å². The Kier molecular flexibility index (Phi) is 3.32. The van der Waals surface area contributed by atoms with Crippen LogP contribution in [0.5, 0.6) is 0 Å². The zero-order chi connectivity index (χ0) is 9.84. The van der Waals surface area contributed by atoms with Gasteiger partial charge in [0, 0.05) is 6.42 Å². The monoisotopic (exact) mass is 198 g/mol. The minimum Gasteiger partial charge on any atom is -0.442 e. The summed E-state index contributed by atoms with van der Waals surface area (Å²) in [7, 11) is 0. The molecule has 1 aromatic rings. The molecule has 0 aromatic carbocycles. The lowest BCUT2D eigenvalue weighted by Crippen LogP contribution is -1.97. The minimum absolute atomic E-state index is 0.0706. The van der Waals surface area contributed by atoms with E-state index in [1.807, 2.05) is 6.92 Å². The van der Waals surface area contributed by atoms with Gasteiger partial charge >= 0.3 is 0 Å². The van der Waals surface area contributed by atoms with E-state index in [2.05, 4.69) is 6.58 Å². The van der Waals surface area contributed by atoms with E-state index in [0.29, 0.717) is 12.2 Å². The van der Waals surface area contributed by atoms with Crippen LogP contribution in [0.3, 0.4) is 0 Å². The molecule has 1 rings (SSSR count). The van der Waals surface area contributed by atoms with Crippen LogP contribution in [0.1, 0.15) is 30.3 Å². The van der Waals surface area contributed by atoms with E-state index in [1.54, 1.807) is 12.1 Å². The Morgan fingerprint density at radius 1 is 1.62 bits per heavy atom. The third kappa shape index (κ3) is 2.74. The van der Waals surface area contributed by atoms with Crippen molar-refractivity contribution in [2.75, 3.05) is 0 Å². The van der Waals surface area contributed by atoms with Crippen LogP contribution < -0.4 is 0 Å². The molecule has 0 N–H and O–H groups in total. The summed E-state index contributed by atoms with van der Waals surface area (Å²) in [6.07, 6.45) is 1.14. The number of Topliss-reactive ketones (excluding diaryl/α,β-unsaturated/α-hetero) is 1. The lowest BCUT2D eigenvalue weighted by Gasteiger charge is -1.98. The van der Waals surface area contributed by atoms with Crippen LogP contribution >= 0.6 is 11.6 Å². The van der Waals surface area contributed by atoms with Crippen molar-refractivity contribution in [3.63, 3.8) is 0 Å². The number of ketones is 1. The van der Waals surface area contributed by atoms with E-state index in [1.165, 1.54) is 0 Å². The summed E-state index contributed by atoms with van der Waals surface area (Å²) in [4.78, 5) is 11.4. The average Bonchev–Trinajstić information content (AvgIpc) is 2.51. The average molecular weight is 199 g/mol. The number of carbonyl (C=O) groups is 1. The molecule has 0 saturated carbocycles. The second-order valence-electron chi connectivity index (χ2n) is 2.81. The molecule has 70 valence electrons. The van der Waals surface area contributed by atoms with Gasteiger partial charge in [-0.25, -0.2) is 0 Å². The fourth-order valence-corrected chi connectivity index (χ4v) is 1.05. The van der Waals surface area contributed by atoms with Crippen molar-refractivity contribution in [1.29, 1.82) is 0 Å². The van der Waals surface area contributed by atoms with Crippen LogP contribution in [0, 0.1) is 0 Å². The predicted octanol–water partition coefficient (Wildman–Crippen LogP) is 3.47. The van der Waals surface area contributed by atoms with Gasteiger partial charge in [0.25, 0.3) is 0 Å². The summed E-state index contributed by atoms with van der Waals surface area (Å²) in [5, 5.41) is 0.241. The fourth-order valence-electron chi connectivity index (χ4n) is 0.903. The second kappa shape index (κ2) is 4.28. The van der Waals surface area contributed by atoms with E-state index >= 15 is 0 Å². The van der Waals surface area contributed by atoms with Gasteiger partial charge in [-0.1, -0.05) is 19.1 Å². The largest absolute Gasteiger partial charge is 0.442 e. The third-order valence-corrected chi connectivity index (χ3v) is 1.96. The molecule has 0 bridgehead atoms. The number of rotatable bonds is 4. The van der Waals surface area contributed by atoms with E-state index in [9.17, 15) is 4.79 Å². The Hall–Kier alpha value is -1.02. The molecule has 3 heteroatoms. The zero-order valence-corrected chi connectivity index (χ0v) is 8.23. The molecule has 0 aliphatic carbocycles. The highest BCUT2D eigenvalue weighted by Gasteiger charge is 2.10. The molecule has 0 fully saturated rings. The summed E-state index contributed by atoms with van der Waals surface area (Å²) >= 11 is 5.53. The first-order chi connectivity index (χ1) is 6.13. The van der Waals surface area contributed by atoms with Crippen LogP contribution in [-0.2, 0) is 0 Å². The Balaban J connectivity index is 2.64. The van der Waals surface area contributed by atoms with Crippen molar-refractivity contribution in [3.8, 4) is 0 Å². The molecule has 0 amide bonds. The number of hydrogen-bond donors (Lipinski definition) is 0. The summed E-state index contributed by atoms with van der Waals surface area (Å²) in [6.45, 7) is 5.71. The molecular formula is C10H11ClO2. The van der Waals surface area contributed by atoms with Gasteiger partial charge in [0.15, 0.2) is 11.0 Å².